The summed E-state index contributed by atoms with van der Waals surface area (Å²) >= 11 is 0. The summed E-state index contributed by atoms with van der Waals surface area (Å²) in [5.74, 6) is 0.228. The maximum Gasteiger partial charge on any atom is 0.237 e. The Balaban J connectivity index is 1.29. The molecule has 3 aliphatic heterocycles. The standard InChI is InChI=1S/C34H40N4O2/c1-26(39)37-20-18-31-15-16-32(38(31)21-27-9-3-2-4-10-27)24-36(23-30-13-7-8-14-33(30)37)34(40)25-35-19-17-28-11-5-6-12-29(28)22-35/h2-14,31-32H,15-25H2,1H3/t31-,32+/m0/s1. The molecule has 3 aromatic carbocycles. The second kappa shape index (κ2) is 11.9. The van der Waals surface area contributed by atoms with Crippen LogP contribution in [0.1, 0.15) is 48.4 Å². The molecule has 0 aromatic heterocycles. The second-order valence-corrected chi connectivity index (χ2v) is 11.6. The Bertz CT molecular complexity index is 1340. The van der Waals surface area contributed by atoms with E-state index in [0.29, 0.717) is 38.3 Å². The van der Waals surface area contributed by atoms with Gasteiger partial charge in [0.2, 0.25) is 11.8 Å². The van der Waals surface area contributed by atoms with Crippen molar-refractivity contribution < 1.29 is 9.59 Å². The molecule has 1 saturated heterocycles. The van der Waals surface area contributed by atoms with Crippen molar-refractivity contribution in [3.8, 4) is 0 Å². The van der Waals surface area contributed by atoms with Crippen molar-refractivity contribution in [3.05, 3.63) is 101 Å². The zero-order valence-electron chi connectivity index (χ0n) is 23.5. The fourth-order valence-corrected chi connectivity index (χ4v) is 6.90. The molecular weight excluding hydrogens is 496 g/mol. The monoisotopic (exact) mass is 536 g/mol. The lowest BCUT2D eigenvalue weighted by atomic mass is 10.00. The van der Waals surface area contributed by atoms with E-state index in [0.717, 1.165) is 56.6 Å². The number of rotatable bonds is 4. The summed E-state index contributed by atoms with van der Waals surface area (Å²) in [6.45, 7) is 6.58. The first-order valence-electron chi connectivity index (χ1n) is 14.8. The third-order valence-corrected chi connectivity index (χ3v) is 9.04. The molecule has 40 heavy (non-hydrogen) atoms. The van der Waals surface area contributed by atoms with Crippen LogP contribution in [0.4, 0.5) is 5.69 Å². The highest BCUT2D eigenvalue weighted by Gasteiger charge is 2.37. The number of anilines is 1. The highest BCUT2D eigenvalue weighted by Crippen LogP contribution is 2.33. The van der Waals surface area contributed by atoms with Gasteiger partial charge in [-0.25, -0.2) is 0 Å². The van der Waals surface area contributed by atoms with E-state index in [1.165, 1.54) is 16.7 Å². The summed E-state index contributed by atoms with van der Waals surface area (Å²) in [5, 5.41) is 0. The first-order valence-corrected chi connectivity index (χ1v) is 14.8. The predicted molar refractivity (Wildman–Crippen MR) is 159 cm³/mol. The first kappa shape index (κ1) is 26.7. The van der Waals surface area contributed by atoms with Crippen molar-refractivity contribution in [2.24, 2.45) is 0 Å². The van der Waals surface area contributed by atoms with Crippen molar-refractivity contribution in [1.29, 1.82) is 0 Å². The summed E-state index contributed by atoms with van der Waals surface area (Å²) in [4.78, 5) is 35.9. The van der Waals surface area contributed by atoms with Gasteiger partial charge in [0.15, 0.2) is 0 Å². The molecule has 0 unspecified atom stereocenters. The smallest absolute Gasteiger partial charge is 0.237 e. The molecule has 2 bridgehead atoms. The maximum absolute atomic E-state index is 14.1. The number of para-hydroxylation sites is 1. The maximum atomic E-state index is 14.1. The van der Waals surface area contributed by atoms with Crippen LogP contribution in [-0.2, 0) is 35.6 Å². The quantitative estimate of drug-likeness (QED) is 0.478. The normalized spacial score (nSPS) is 21.8. The second-order valence-electron chi connectivity index (χ2n) is 11.6. The Morgan fingerprint density at radius 3 is 2.25 bits per heavy atom. The van der Waals surface area contributed by atoms with Crippen LogP contribution in [0.15, 0.2) is 78.9 Å². The van der Waals surface area contributed by atoms with Crippen LogP contribution in [-0.4, -0.2) is 64.8 Å². The minimum Gasteiger partial charge on any atom is -0.336 e. The zero-order chi connectivity index (χ0) is 27.5. The minimum atomic E-state index is 0.0562. The first-order chi connectivity index (χ1) is 19.5. The minimum absolute atomic E-state index is 0.0562. The Morgan fingerprint density at radius 2 is 1.45 bits per heavy atom. The van der Waals surface area contributed by atoms with Crippen LogP contribution in [0.5, 0.6) is 0 Å². The van der Waals surface area contributed by atoms with E-state index < -0.39 is 0 Å². The number of carbonyl (C=O) groups excluding carboxylic acids is 2. The van der Waals surface area contributed by atoms with Crippen LogP contribution in [0.2, 0.25) is 0 Å². The number of hydrogen-bond acceptors (Lipinski definition) is 4. The number of fused-ring (bicyclic) bond motifs is 4. The van der Waals surface area contributed by atoms with Gasteiger partial charge < -0.3 is 9.80 Å². The molecule has 0 radical (unpaired) electrons. The lowest BCUT2D eigenvalue weighted by Crippen LogP contribution is -2.48. The number of nitrogens with zero attached hydrogens (tertiary/aromatic N) is 4. The van der Waals surface area contributed by atoms with Crippen molar-refractivity contribution in [1.82, 2.24) is 14.7 Å². The third-order valence-electron chi connectivity index (χ3n) is 9.04. The van der Waals surface area contributed by atoms with Crippen molar-refractivity contribution >= 4 is 17.5 Å². The zero-order valence-corrected chi connectivity index (χ0v) is 23.5. The van der Waals surface area contributed by atoms with E-state index in [4.69, 9.17) is 0 Å². The van der Waals surface area contributed by atoms with E-state index >= 15 is 0 Å². The number of hydrogen-bond donors (Lipinski definition) is 0. The average Bonchev–Trinajstić information content (AvgIpc) is 3.33. The fourth-order valence-electron chi connectivity index (χ4n) is 6.90. The Morgan fingerprint density at radius 1 is 0.750 bits per heavy atom. The van der Waals surface area contributed by atoms with Gasteiger partial charge in [0.1, 0.15) is 0 Å². The van der Waals surface area contributed by atoms with Crippen molar-refractivity contribution in [3.63, 3.8) is 0 Å². The molecule has 2 atom stereocenters. The molecule has 6 nitrogen and oxygen atoms in total. The number of carbonyl (C=O) groups is 2. The van der Waals surface area contributed by atoms with Gasteiger partial charge in [-0.05, 0) is 54.0 Å². The molecule has 3 aromatic rings. The van der Waals surface area contributed by atoms with Gasteiger partial charge in [-0.3, -0.25) is 19.4 Å². The van der Waals surface area contributed by atoms with E-state index in [2.05, 4.69) is 75.4 Å². The fraction of sp³-hybridized carbons (Fsp3) is 0.412. The third kappa shape index (κ3) is 5.84. The van der Waals surface area contributed by atoms with E-state index in [-0.39, 0.29) is 11.8 Å². The highest BCUT2D eigenvalue weighted by molar-refractivity contribution is 5.92. The molecule has 6 rings (SSSR count). The summed E-state index contributed by atoms with van der Waals surface area (Å²) in [6.07, 6.45) is 4.07. The van der Waals surface area contributed by atoms with Gasteiger partial charge in [-0.1, -0.05) is 72.8 Å². The molecular formula is C34H40N4O2. The molecule has 3 heterocycles. The van der Waals surface area contributed by atoms with Gasteiger partial charge in [-0.2, -0.15) is 0 Å². The Kier molecular flexibility index (Phi) is 7.98. The summed E-state index contributed by atoms with van der Waals surface area (Å²) in [5.41, 5.74) is 6.00. The van der Waals surface area contributed by atoms with Crippen LogP contribution in [0, 0.1) is 0 Å². The molecule has 0 saturated carbocycles. The summed E-state index contributed by atoms with van der Waals surface area (Å²) in [6, 6.07) is 28.1. The molecule has 1 fully saturated rings. The SMILES string of the molecule is CC(=O)N1CC[C@@H]2CC[C@H](CN(C(=O)CN3CCc4ccccc4C3)Cc3ccccc31)N2Cc1ccccc1. The van der Waals surface area contributed by atoms with Crippen LogP contribution in [0.3, 0.4) is 0 Å². The predicted octanol–water partition coefficient (Wildman–Crippen LogP) is 4.86. The van der Waals surface area contributed by atoms with Gasteiger partial charge in [-0.15, -0.1) is 0 Å². The van der Waals surface area contributed by atoms with Gasteiger partial charge in [0, 0.05) is 64.0 Å². The van der Waals surface area contributed by atoms with Crippen LogP contribution in [0.25, 0.3) is 0 Å². The Labute approximate surface area is 238 Å². The lowest BCUT2D eigenvalue weighted by molar-refractivity contribution is -0.134. The molecule has 2 amide bonds. The summed E-state index contributed by atoms with van der Waals surface area (Å²) < 4.78 is 0. The van der Waals surface area contributed by atoms with E-state index in [1.807, 2.05) is 23.1 Å². The molecule has 0 N–H and O–H groups in total. The Hall–Kier alpha value is -3.48. The van der Waals surface area contributed by atoms with E-state index in [1.54, 1.807) is 6.92 Å². The molecule has 0 spiro atoms. The number of benzene rings is 3. The molecule has 6 heteroatoms. The van der Waals surface area contributed by atoms with Crippen molar-refractivity contribution in [2.75, 3.05) is 31.1 Å². The highest BCUT2D eigenvalue weighted by atomic mass is 16.2. The van der Waals surface area contributed by atoms with Crippen molar-refractivity contribution in [2.45, 2.75) is 64.3 Å². The number of amides is 2. The van der Waals surface area contributed by atoms with Crippen LogP contribution >= 0.6 is 0 Å². The van der Waals surface area contributed by atoms with Gasteiger partial charge in [0.05, 0.1) is 6.54 Å². The van der Waals surface area contributed by atoms with Gasteiger partial charge in [0.25, 0.3) is 0 Å². The molecule has 0 aliphatic carbocycles. The van der Waals surface area contributed by atoms with Gasteiger partial charge >= 0.3 is 0 Å². The van der Waals surface area contributed by atoms with E-state index in [9.17, 15) is 9.59 Å². The topological polar surface area (TPSA) is 47.1 Å². The molecule has 3 aliphatic rings. The lowest BCUT2D eigenvalue weighted by Gasteiger charge is -2.35. The largest absolute Gasteiger partial charge is 0.336 e. The molecule has 208 valence electrons. The summed E-state index contributed by atoms with van der Waals surface area (Å²) in [7, 11) is 0. The average molecular weight is 537 g/mol. The van der Waals surface area contributed by atoms with Crippen LogP contribution < -0.4 is 4.90 Å².